The zero-order chi connectivity index (χ0) is 15.3. The van der Waals surface area contributed by atoms with Crippen LogP contribution in [0.3, 0.4) is 0 Å². The smallest absolute Gasteiger partial charge is 0.387 e. The molecule has 0 heterocycles. The number of alkyl halides is 3. The van der Waals surface area contributed by atoms with Crippen molar-refractivity contribution < 1.29 is 18.3 Å². The number of rotatable bonds is 6. The summed E-state index contributed by atoms with van der Waals surface area (Å²) in [6.45, 7) is 7.47. The van der Waals surface area contributed by atoms with Gasteiger partial charge in [-0.05, 0) is 36.1 Å². The van der Waals surface area contributed by atoms with Gasteiger partial charge in [-0.2, -0.15) is 13.2 Å². The van der Waals surface area contributed by atoms with E-state index in [9.17, 15) is 18.3 Å². The van der Waals surface area contributed by atoms with Gasteiger partial charge < -0.3 is 10.4 Å². The van der Waals surface area contributed by atoms with Crippen LogP contribution in [0.2, 0.25) is 0 Å². The van der Waals surface area contributed by atoms with Gasteiger partial charge in [0.05, 0.1) is 11.7 Å². The Labute approximate surface area is 118 Å². The summed E-state index contributed by atoms with van der Waals surface area (Å²) < 4.78 is 37.2. The highest BCUT2D eigenvalue weighted by molar-refractivity contribution is 5.26. The fourth-order valence-corrected chi connectivity index (χ4v) is 1.70. The molecule has 0 aliphatic carbocycles. The van der Waals surface area contributed by atoms with E-state index < -0.39 is 17.8 Å². The molecule has 1 aromatic carbocycles. The Morgan fingerprint density at radius 3 is 2.05 bits per heavy atom. The van der Waals surface area contributed by atoms with Crippen molar-refractivity contribution >= 4 is 0 Å². The molecule has 2 N–H and O–H groups in total. The zero-order valence-electron chi connectivity index (χ0n) is 12.0. The molecule has 0 spiro atoms. The maximum absolute atomic E-state index is 12.4. The van der Waals surface area contributed by atoms with Crippen LogP contribution >= 0.6 is 0 Å². The number of hydrogen-bond acceptors (Lipinski definition) is 2. The van der Waals surface area contributed by atoms with Crippen molar-refractivity contribution in [3.8, 4) is 0 Å². The van der Waals surface area contributed by atoms with Gasteiger partial charge in [0.25, 0.3) is 0 Å². The predicted molar refractivity (Wildman–Crippen MR) is 73.3 cm³/mol. The molecule has 0 radical (unpaired) electrons. The summed E-state index contributed by atoms with van der Waals surface area (Å²) in [7, 11) is 0. The second-order valence-corrected chi connectivity index (χ2v) is 5.52. The van der Waals surface area contributed by atoms with Crippen molar-refractivity contribution in [1.29, 1.82) is 0 Å². The van der Waals surface area contributed by atoms with Crippen molar-refractivity contribution in [1.82, 2.24) is 5.32 Å². The first-order valence-corrected chi connectivity index (χ1v) is 6.77. The lowest BCUT2D eigenvalue weighted by molar-refractivity contribution is -0.137. The third kappa shape index (κ3) is 5.13. The van der Waals surface area contributed by atoms with E-state index in [2.05, 4.69) is 26.1 Å². The number of aliphatic hydroxyl groups is 1. The van der Waals surface area contributed by atoms with Crippen LogP contribution in [-0.2, 0) is 6.18 Å². The topological polar surface area (TPSA) is 32.3 Å². The van der Waals surface area contributed by atoms with E-state index in [1.54, 1.807) is 0 Å². The Kier molecular flexibility index (Phi) is 6.02. The predicted octanol–water partition coefficient (Wildman–Crippen LogP) is 3.62. The van der Waals surface area contributed by atoms with E-state index in [1.807, 2.05) is 0 Å². The van der Waals surface area contributed by atoms with Crippen molar-refractivity contribution in [3.63, 3.8) is 0 Å². The van der Waals surface area contributed by atoms with E-state index in [4.69, 9.17) is 0 Å². The SMILES string of the molecule is CC(C)C(C)CNCC(O)c1ccc(C(F)(F)F)cc1. The molecule has 2 nitrogen and oxygen atoms in total. The van der Waals surface area contributed by atoms with Gasteiger partial charge in [-0.3, -0.25) is 0 Å². The minimum Gasteiger partial charge on any atom is -0.387 e. The van der Waals surface area contributed by atoms with Gasteiger partial charge in [-0.15, -0.1) is 0 Å². The number of halogens is 3. The largest absolute Gasteiger partial charge is 0.416 e. The third-order valence-electron chi connectivity index (χ3n) is 3.56. The van der Waals surface area contributed by atoms with E-state index in [0.29, 0.717) is 23.9 Å². The van der Waals surface area contributed by atoms with Gasteiger partial charge in [0.2, 0.25) is 0 Å². The molecule has 0 bridgehead atoms. The molecule has 5 heteroatoms. The van der Waals surface area contributed by atoms with Crippen molar-refractivity contribution in [3.05, 3.63) is 35.4 Å². The molecule has 0 saturated carbocycles. The Morgan fingerprint density at radius 1 is 1.05 bits per heavy atom. The maximum Gasteiger partial charge on any atom is 0.416 e. The van der Waals surface area contributed by atoms with Gasteiger partial charge in [0.15, 0.2) is 0 Å². The van der Waals surface area contributed by atoms with Crippen molar-refractivity contribution in [2.75, 3.05) is 13.1 Å². The summed E-state index contributed by atoms with van der Waals surface area (Å²) >= 11 is 0. The van der Waals surface area contributed by atoms with Gasteiger partial charge in [0, 0.05) is 6.54 Å². The van der Waals surface area contributed by atoms with Gasteiger partial charge in [-0.1, -0.05) is 32.9 Å². The molecule has 0 saturated heterocycles. The fraction of sp³-hybridized carbons (Fsp3) is 0.600. The van der Waals surface area contributed by atoms with Crippen molar-refractivity contribution in [2.24, 2.45) is 11.8 Å². The number of hydrogen-bond donors (Lipinski definition) is 2. The van der Waals surface area contributed by atoms with E-state index in [-0.39, 0.29) is 0 Å². The first kappa shape index (κ1) is 17.0. The maximum atomic E-state index is 12.4. The Bertz CT molecular complexity index is 401. The average molecular weight is 289 g/mol. The molecule has 0 aliphatic heterocycles. The zero-order valence-corrected chi connectivity index (χ0v) is 12.0. The molecule has 0 fully saturated rings. The van der Waals surface area contributed by atoms with Gasteiger partial charge in [0.1, 0.15) is 0 Å². The first-order chi connectivity index (χ1) is 9.21. The Hall–Kier alpha value is -1.07. The summed E-state index contributed by atoms with van der Waals surface area (Å²) in [6, 6.07) is 4.63. The van der Waals surface area contributed by atoms with Crippen LogP contribution < -0.4 is 5.32 Å². The molecule has 2 atom stereocenters. The molecular formula is C15H22F3NO. The number of aliphatic hydroxyl groups excluding tert-OH is 1. The molecule has 0 aromatic heterocycles. The molecule has 0 amide bonds. The molecule has 1 rings (SSSR count). The lowest BCUT2D eigenvalue weighted by Crippen LogP contribution is -2.28. The highest BCUT2D eigenvalue weighted by atomic mass is 19.4. The van der Waals surface area contributed by atoms with Crippen LogP contribution in [0.15, 0.2) is 24.3 Å². The van der Waals surface area contributed by atoms with Crippen LogP contribution in [0.4, 0.5) is 13.2 Å². The summed E-state index contributed by atoms with van der Waals surface area (Å²) in [6.07, 6.45) is -5.13. The summed E-state index contributed by atoms with van der Waals surface area (Å²) in [5, 5.41) is 13.1. The number of benzene rings is 1. The van der Waals surface area contributed by atoms with Crippen LogP contribution in [-0.4, -0.2) is 18.2 Å². The van der Waals surface area contributed by atoms with Crippen LogP contribution in [0.5, 0.6) is 0 Å². The highest BCUT2D eigenvalue weighted by Crippen LogP contribution is 2.29. The molecule has 1 aromatic rings. The molecular weight excluding hydrogens is 267 g/mol. The fourth-order valence-electron chi connectivity index (χ4n) is 1.70. The third-order valence-corrected chi connectivity index (χ3v) is 3.56. The Morgan fingerprint density at radius 2 is 1.60 bits per heavy atom. The molecule has 20 heavy (non-hydrogen) atoms. The van der Waals surface area contributed by atoms with Gasteiger partial charge in [-0.25, -0.2) is 0 Å². The van der Waals surface area contributed by atoms with Crippen molar-refractivity contribution in [2.45, 2.75) is 33.1 Å². The minimum atomic E-state index is -4.34. The minimum absolute atomic E-state index is 0.336. The standard InChI is InChI=1S/C15H22F3NO/c1-10(2)11(3)8-19-9-14(20)12-4-6-13(7-5-12)15(16,17)18/h4-7,10-11,14,19-20H,8-9H2,1-3H3. The monoisotopic (exact) mass is 289 g/mol. The summed E-state index contributed by atoms with van der Waals surface area (Å²) in [5.41, 5.74) is -0.211. The average Bonchev–Trinajstić information content (AvgIpc) is 2.37. The first-order valence-electron chi connectivity index (χ1n) is 6.77. The lowest BCUT2D eigenvalue weighted by Gasteiger charge is -2.18. The van der Waals surface area contributed by atoms with E-state index in [0.717, 1.165) is 18.7 Å². The quantitative estimate of drug-likeness (QED) is 0.838. The molecule has 2 unspecified atom stereocenters. The number of nitrogens with one attached hydrogen (secondary N) is 1. The Balaban J connectivity index is 2.50. The molecule has 114 valence electrons. The van der Waals surface area contributed by atoms with Crippen LogP contribution in [0.1, 0.15) is 38.0 Å². The normalized spacial score (nSPS) is 15.4. The summed E-state index contributed by atoms with van der Waals surface area (Å²) in [5.74, 6) is 1.03. The second kappa shape index (κ2) is 7.09. The second-order valence-electron chi connectivity index (χ2n) is 5.52. The molecule has 0 aliphatic rings. The lowest BCUT2D eigenvalue weighted by atomic mass is 9.98. The van der Waals surface area contributed by atoms with Gasteiger partial charge >= 0.3 is 6.18 Å². The van der Waals surface area contributed by atoms with Crippen LogP contribution in [0.25, 0.3) is 0 Å². The van der Waals surface area contributed by atoms with E-state index in [1.165, 1.54) is 12.1 Å². The van der Waals surface area contributed by atoms with E-state index >= 15 is 0 Å². The summed E-state index contributed by atoms with van der Waals surface area (Å²) in [4.78, 5) is 0. The highest BCUT2D eigenvalue weighted by Gasteiger charge is 2.30. The van der Waals surface area contributed by atoms with Crippen LogP contribution in [0, 0.1) is 11.8 Å².